The lowest BCUT2D eigenvalue weighted by atomic mass is 9.87. The lowest BCUT2D eigenvalue weighted by Gasteiger charge is -2.37. The molecule has 0 saturated carbocycles. The molecule has 0 atom stereocenters. The zero-order valence-corrected chi connectivity index (χ0v) is 10.3. The molecule has 6 heteroatoms. The Morgan fingerprint density at radius 1 is 1.53 bits per heavy atom. The first-order valence-corrected chi connectivity index (χ1v) is 6.18. The van der Waals surface area contributed by atoms with Crippen LogP contribution in [0.3, 0.4) is 0 Å². The van der Waals surface area contributed by atoms with Crippen molar-refractivity contribution < 1.29 is 14.6 Å². The Bertz CT molecular complexity index is 571. The van der Waals surface area contributed by atoms with Gasteiger partial charge in [0.1, 0.15) is 23.1 Å². The predicted octanol–water partition coefficient (Wildman–Crippen LogP) is 1.40. The van der Waals surface area contributed by atoms with Gasteiger partial charge in [-0.25, -0.2) is 9.78 Å². The fourth-order valence-corrected chi connectivity index (χ4v) is 2.78. The third-order valence-corrected chi connectivity index (χ3v) is 3.85. The topological polar surface area (TPSA) is 86.5 Å². The number of nitriles is 1. The Morgan fingerprint density at radius 2 is 2.26 bits per heavy atom. The van der Waals surface area contributed by atoms with Crippen LogP contribution in [0, 0.1) is 11.3 Å². The van der Waals surface area contributed by atoms with Crippen molar-refractivity contribution >= 4 is 6.09 Å². The summed E-state index contributed by atoms with van der Waals surface area (Å²) in [6.07, 6.45) is 2.80. The summed E-state index contributed by atoms with van der Waals surface area (Å²) in [6.45, 7) is 0.976. The molecule has 98 valence electrons. The molecule has 3 rings (SSSR count). The average Bonchev–Trinajstić information content (AvgIpc) is 2.75. The van der Waals surface area contributed by atoms with Crippen molar-refractivity contribution in [3.63, 3.8) is 0 Å². The number of aromatic nitrogens is 1. The molecule has 1 amide bonds. The van der Waals surface area contributed by atoms with Crippen molar-refractivity contribution in [2.75, 3.05) is 13.1 Å². The van der Waals surface area contributed by atoms with Gasteiger partial charge >= 0.3 is 6.09 Å². The second-order valence-corrected chi connectivity index (χ2v) is 5.02. The summed E-state index contributed by atoms with van der Waals surface area (Å²) in [6, 6.07) is 3.77. The van der Waals surface area contributed by atoms with E-state index in [1.807, 2.05) is 6.07 Å². The van der Waals surface area contributed by atoms with E-state index in [1.165, 1.54) is 4.90 Å². The summed E-state index contributed by atoms with van der Waals surface area (Å²) >= 11 is 0. The van der Waals surface area contributed by atoms with E-state index in [0.717, 1.165) is 17.7 Å². The third kappa shape index (κ3) is 1.97. The number of rotatable bonds is 0. The van der Waals surface area contributed by atoms with E-state index >= 15 is 0 Å². The third-order valence-electron chi connectivity index (χ3n) is 3.85. The zero-order chi connectivity index (χ0) is 13.5. The van der Waals surface area contributed by atoms with E-state index in [2.05, 4.69) is 4.98 Å². The first kappa shape index (κ1) is 11.8. The average molecular weight is 259 g/mol. The molecule has 0 radical (unpaired) electrons. The van der Waals surface area contributed by atoms with E-state index in [4.69, 9.17) is 15.1 Å². The van der Waals surface area contributed by atoms with Gasteiger partial charge in [-0.3, -0.25) is 0 Å². The number of carbonyl (C=O) groups is 1. The predicted molar refractivity (Wildman–Crippen MR) is 64.8 cm³/mol. The molecule has 6 nitrogen and oxygen atoms in total. The maximum atomic E-state index is 10.9. The van der Waals surface area contributed by atoms with Crippen LogP contribution in [0.25, 0.3) is 0 Å². The minimum absolute atomic E-state index is 0.315. The van der Waals surface area contributed by atoms with Crippen LogP contribution in [-0.4, -0.2) is 39.8 Å². The number of piperidine rings is 1. The van der Waals surface area contributed by atoms with Crippen LogP contribution in [0.4, 0.5) is 4.79 Å². The fraction of sp³-hybridized carbons (Fsp3) is 0.462. The lowest BCUT2D eigenvalue weighted by Crippen LogP contribution is -2.48. The number of ether oxygens (including phenoxy) is 1. The zero-order valence-electron chi connectivity index (χ0n) is 10.3. The van der Waals surface area contributed by atoms with Gasteiger partial charge in [0.25, 0.3) is 0 Å². The van der Waals surface area contributed by atoms with Gasteiger partial charge in [-0.1, -0.05) is 0 Å². The van der Waals surface area contributed by atoms with Crippen LogP contribution in [0.15, 0.2) is 12.3 Å². The number of nitrogens with zero attached hydrogens (tertiary/aromatic N) is 3. The summed E-state index contributed by atoms with van der Waals surface area (Å²) in [5, 5.41) is 17.8. The maximum absolute atomic E-state index is 10.9. The molecular formula is C13H13N3O3. The Hall–Kier alpha value is -2.29. The number of likely N-dealkylation sites (tertiary alicyclic amines) is 1. The molecule has 2 aliphatic heterocycles. The standard InChI is InChI=1S/C13H13N3O3/c14-7-10-5-9-6-13(19-11(9)8-15-10)1-3-16(4-2-13)12(17)18/h5,8H,1-4,6H2,(H,17,18). The molecule has 1 spiro atoms. The van der Waals surface area contributed by atoms with Crippen LogP contribution in [0.5, 0.6) is 5.75 Å². The Labute approximate surface area is 110 Å². The van der Waals surface area contributed by atoms with Crippen LogP contribution in [0.2, 0.25) is 0 Å². The highest BCUT2D eigenvalue weighted by atomic mass is 16.5. The molecule has 3 heterocycles. The van der Waals surface area contributed by atoms with Gasteiger partial charge < -0.3 is 14.7 Å². The lowest BCUT2D eigenvalue weighted by molar-refractivity contribution is 0.0223. The molecule has 2 aliphatic rings. The fourth-order valence-electron chi connectivity index (χ4n) is 2.78. The largest absolute Gasteiger partial charge is 0.485 e. The molecule has 1 aromatic heterocycles. The van der Waals surface area contributed by atoms with Crippen molar-refractivity contribution in [2.24, 2.45) is 0 Å². The highest BCUT2D eigenvalue weighted by molar-refractivity contribution is 5.65. The number of fused-ring (bicyclic) bond motifs is 1. The number of carboxylic acid groups (broad SMARTS) is 1. The van der Waals surface area contributed by atoms with Gasteiger partial charge in [0.2, 0.25) is 0 Å². The van der Waals surface area contributed by atoms with Crippen LogP contribution >= 0.6 is 0 Å². The highest BCUT2D eigenvalue weighted by Gasteiger charge is 2.43. The van der Waals surface area contributed by atoms with Crippen LogP contribution in [0.1, 0.15) is 24.1 Å². The van der Waals surface area contributed by atoms with Gasteiger partial charge in [0, 0.05) is 37.9 Å². The van der Waals surface area contributed by atoms with E-state index in [-0.39, 0.29) is 5.60 Å². The molecule has 1 saturated heterocycles. The Morgan fingerprint density at radius 3 is 2.89 bits per heavy atom. The molecule has 0 bridgehead atoms. The first-order valence-electron chi connectivity index (χ1n) is 6.18. The smallest absolute Gasteiger partial charge is 0.407 e. The van der Waals surface area contributed by atoms with E-state index in [9.17, 15) is 4.79 Å². The Balaban J connectivity index is 1.77. The molecule has 19 heavy (non-hydrogen) atoms. The molecular weight excluding hydrogens is 246 g/mol. The second kappa shape index (κ2) is 4.12. The van der Waals surface area contributed by atoms with Crippen molar-refractivity contribution in [1.82, 2.24) is 9.88 Å². The van der Waals surface area contributed by atoms with E-state index in [0.29, 0.717) is 31.6 Å². The van der Waals surface area contributed by atoms with Gasteiger partial charge in [0.15, 0.2) is 0 Å². The number of pyridine rings is 1. The van der Waals surface area contributed by atoms with Gasteiger partial charge in [-0.2, -0.15) is 5.26 Å². The molecule has 1 fully saturated rings. The second-order valence-electron chi connectivity index (χ2n) is 5.02. The minimum Gasteiger partial charge on any atom is -0.485 e. The summed E-state index contributed by atoms with van der Waals surface area (Å²) in [7, 11) is 0. The van der Waals surface area contributed by atoms with E-state index < -0.39 is 6.09 Å². The normalized spacial score (nSPS) is 19.6. The summed E-state index contributed by atoms with van der Waals surface area (Å²) < 4.78 is 5.97. The van der Waals surface area contributed by atoms with Crippen molar-refractivity contribution in [1.29, 1.82) is 5.26 Å². The number of hydrogen-bond acceptors (Lipinski definition) is 4. The molecule has 0 aliphatic carbocycles. The van der Waals surface area contributed by atoms with Crippen LogP contribution < -0.4 is 4.74 Å². The summed E-state index contributed by atoms with van der Waals surface area (Å²) in [5.41, 5.74) is 1.07. The summed E-state index contributed by atoms with van der Waals surface area (Å²) in [4.78, 5) is 16.3. The van der Waals surface area contributed by atoms with Crippen molar-refractivity contribution in [3.8, 4) is 11.8 Å². The Kier molecular flexibility index (Phi) is 2.56. The monoisotopic (exact) mass is 259 g/mol. The highest BCUT2D eigenvalue weighted by Crippen LogP contribution is 2.40. The molecule has 0 aromatic carbocycles. The van der Waals surface area contributed by atoms with Gasteiger partial charge in [-0.15, -0.1) is 0 Å². The molecule has 0 unspecified atom stereocenters. The van der Waals surface area contributed by atoms with Gasteiger partial charge in [-0.05, 0) is 6.07 Å². The SMILES string of the molecule is N#Cc1cc2c(cn1)OC1(CCN(C(=O)O)CC1)C2. The quantitative estimate of drug-likeness (QED) is 0.761. The van der Waals surface area contributed by atoms with Gasteiger partial charge in [0.05, 0.1) is 6.20 Å². The van der Waals surface area contributed by atoms with E-state index in [1.54, 1.807) is 12.3 Å². The number of amides is 1. The summed E-state index contributed by atoms with van der Waals surface area (Å²) in [5.74, 6) is 0.725. The molecule has 1 N–H and O–H groups in total. The number of hydrogen-bond donors (Lipinski definition) is 1. The van der Waals surface area contributed by atoms with Crippen molar-refractivity contribution in [3.05, 3.63) is 23.5 Å². The van der Waals surface area contributed by atoms with Crippen molar-refractivity contribution in [2.45, 2.75) is 24.9 Å². The maximum Gasteiger partial charge on any atom is 0.407 e. The minimum atomic E-state index is -0.876. The first-order chi connectivity index (χ1) is 9.12. The molecule has 1 aromatic rings. The van der Waals surface area contributed by atoms with Crippen LogP contribution in [-0.2, 0) is 6.42 Å².